The maximum atomic E-state index is 12.5. The van der Waals surface area contributed by atoms with Gasteiger partial charge in [0.1, 0.15) is 0 Å². The van der Waals surface area contributed by atoms with Gasteiger partial charge in [-0.3, -0.25) is 4.79 Å². The lowest BCUT2D eigenvalue weighted by molar-refractivity contribution is -0.239. The van der Waals surface area contributed by atoms with Gasteiger partial charge in [-0.2, -0.15) is 0 Å². The standard InChI is InChI=1S/C30H48O4/c1-17-10-12-26(3)14-15-28(5)19(23(26)18(17)2)8-9-21-27(4)16-20(31)24(32)30(7,25(33)34)22(27)11-13-29(21,28)6/h8,17-18,20-24,31-32H,9-16H2,1-7H3,(H,33,34)/t17-,18+,20-,21-,22-,23+,24-,26-,27-,28-,29-,30-/m1/s1. The van der Waals surface area contributed by atoms with Gasteiger partial charge in [-0.25, -0.2) is 0 Å². The number of allylic oxidation sites excluding steroid dienone is 2. The van der Waals surface area contributed by atoms with E-state index in [-0.39, 0.29) is 22.2 Å². The van der Waals surface area contributed by atoms with Crippen molar-refractivity contribution >= 4 is 5.97 Å². The molecule has 0 saturated heterocycles. The molecule has 0 aromatic rings. The molecular weight excluding hydrogens is 424 g/mol. The normalized spacial score (nSPS) is 59.1. The topological polar surface area (TPSA) is 77.8 Å². The molecule has 34 heavy (non-hydrogen) atoms. The minimum absolute atomic E-state index is 0.0749. The summed E-state index contributed by atoms with van der Waals surface area (Å²) < 4.78 is 0. The van der Waals surface area contributed by atoms with E-state index < -0.39 is 23.6 Å². The third kappa shape index (κ3) is 2.76. The van der Waals surface area contributed by atoms with Crippen molar-refractivity contribution < 1.29 is 20.1 Å². The molecule has 4 nitrogen and oxygen atoms in total. The van der Waals surface area contributed by atoms with Gasteiger partial charge < -0.3 is 15.3 Å². The number of hydrogen-bond donors (Lipinski definition) is 3. The number of carbonyl (C=O) groups is 1. The van der Waals surface area contributed by atoms with E-state index >= 15 is 0 Å². The molecule has 0 spiro atoms. The van der Waals surface area contributed by atoms with Crippen LogP contribution in [-0.4, -0.2) is 33.5 Å². The number of aliphatic hydroxyl groups excluding tert-OH is 2. The van der Waals surface area contributed by atoms with E-state index in [4.69, 9.17) is 0 Å². The summed E-state index contributed by atoms with van der Waals surface area (Å²) in [4.78, 5) is 12.5. The summed E-state index contributed by atoms with van der Waals surface area (Å²) >= 11 is 0. The van der Waals surface area contributed by atoms with Crippen molar-refractivity contribution in [3.8, 4) is 0 Å². The van der Waals surface area contributed by atoms with Crippen LogP contribution >= 0.6 is 0 Å². The van der Waals surface area contributed by atoms with Crippen LogP contribution in [0.3, 0.4) is 0 Å². The second-order valence-corrected chi connectivity index (χ2v) is 14.6. The number of aliphatic carboxylic acids is 1. The fourth-order valence-corrected chi connectivity index (χ4v) is 10.9. The zero-order valence-electron chi connectivity index (χ0n) is 22.5. The number of fused-ring (bicyclic) bond motifs is 7. The van der Waals surface area contributed by atoms with Crippen molar-refractivity contribution in [2.24, 2.45) is 56.7 Å². The quantitative estimate of drug-likeness (QED) is 0.405. The van der Waals surface area contributed by atoms with Crippen LogP contribution in [0.1, 0.15) is 99.8 Å². The molecule has 0 bridgehead atoms. The van der Waals surface area contributed by atoms with Gasteiger partial charge in [-0.15, -0.1) is 0 Å². The Kier molecular flexibility index (Phi) is 5.36. The summed E-state index contributed by atoms with van der Waals surface area (Å²) in [6, 6.07) is 0. The Bertz CT molecular complexity index is 911. The maximum absolute atomic E-state index is 12.5. The zero-order valence-corrected chi connectivity index (χ0v) is 22.5. The number of hydrogen-bond acceptors (Lipinski definition) is 3. The molecular formula is C30H48O4. The van der Waals surface area contributed by atoms with Gasteiger partial charge in [0.25, 0.3) is 0 Å². The smallest absolute Gasteiger partial charge is 0.312 e. The molecule has 0 radical (unpaired) electrons. The van der Waals surface area contributed by atoms with Crippen molar-refractivity contribution in [1.29, 1.82) is 0 Å². The van der Waals surface area contributed by atoms with Crippen molar-refractivity contribution in [2.75, 3.05) is 0 Å². The first-order valence-corrected chi connectivity index (χ1v) is 14.0. The van der Waals surface area contributed by atoms with Gasteiger partial charge in [-0.05, 0) is 110 Å². The molecule has 192 valence electrons. The monoisotopic (exact) mass is 472 g/mol. The predicted octanol–water partition coefficient (Wildman–Crippen LogP) is 6.06. The minimum Gasteiger partial charge on any atom is -0.481 e. The minimum atomic E-state index is -1.31. The molecule has 0 heterocycles. The molecule has 0 aliphatic heterocycles. The molecule has 4 fully saturated rings. The maximum Gasteiger partial charge on any atom is 0.312 e. The Labute approximate surface area is 206 Å². The van der Waals surface area contributed by atoms with E-state index in [1.54, 1.807) is 12.5 Å². The van der Waals surface area contributed by atoms with Crippen LogP contribution in [0.5, 0.6) is 0 Å². The molecule has 0 aromatic heterocycles. The average molecular weight is 473 g/mol. The fourth-order valence-electron chi connectivity index (χ4n) is 10.9. The van der Waals surface area contributed by atoms with Crippen LogP contribution < -0.4 is 0 Å². The van der Waals surface area contributed by atoms with Crippen LogP contribution in [0.25, 0.3) is 0 Å². The van der Waals surface area contributed by atoms with Crippen molar-refractivity contribution in [3.63, 3.8) is 0 Å². The molecule has 5 aliphatic rings. The molecule has 5 aliphatic carbocycles. The molecule has 0 unspecified atom stereocenters. The lowest BCUT2D eigenvalue weighted by atomic mass is 9.33. The molecule has 12 atom stereocenters. The van der Waals surface area contributed by atoms with Crippen LogP contribution in [0, 0.1) is 56.7 Å². The second kappa shape index (κ2) is 7.34. The Morgan fingerprint density at radius 3 is 2.26 bits per heavy atom. The highest BCUT2D eigenvalue weighted by Crippen LogP contribution is 2.75. The van der Waals surface area contributed by atoms with E-state index in [0.29, 0.717) is 29.6 Å². The van der Waals surface area contributed by atoms with Crippen molar-refractivity contribution in [3.05, 3.63) is 11.6 Å². The number of carboxylic acid groups (broad SMARTS) is 1. The summed E-state index contributed by atoms with van der Waals surface area (Å²) in [5, 5.41) is 32.1. The Hall–Kier alpha value is -0.870. The third-order valence-electron chi connectivity index (χ3n) is 13.5. The second-order valence-electron chi connectivity index (χ2n) is 14.6. The van der Waals surface area contributed by atoms with Gasteiger partial charge in [0.2, 0.25) is 0 Å². The lowest BCUT2D eigenvalue weighted by Crippen LogP contribution is -2.68. The van der Waals surface area contributed by atoms with Crippen LogP contribution in [0.15, 0.2) is 11.6 Å². The summed E-state index contributed by atoms with van der Waals surface area (Å²) in [5.41, 5.74) is 0.672. The Morgan fingerprint density at radius 2 is 1.62 bits per heavy atom. The lowest BCUT2D eigenvalue weighted by Gasteiger charge is -2.71. The summed E-state index contributed by atoms with van der Waals surface area (Å²) in [6.45, 7) is 16.4. The summed E-state index contributed by atoms with van der Waals surface area (Å²) in [7, 11) is 0. The molecule has 3 N–H and O–H groups in total. The zero-order chi connectivity index (χ0) is 25.1. The van der Waals surface area contributed by atoms with E-state index in [1.165, 1.54) is 25.7 Å². The third-order valence-corrected chi connectivity index (χ3v) is 13.5. The van der Waals surface area contributed by atoms with E-state index in [2.05, 4.69) is 47.6 Å². The van der Waals surface area contributed by atoms with Gasteiger partial charge >= 0.3 is 5.97 Å². The first kappa shape index (κ1) is 24.8. The number of carboxylic acids is 1. The predicted molar refractivity (Wildman–Crippen MR) is 134 cm³/mol. The fraction of sp³-hybridized carbons (Fsp3) is 0.900. The van der Waals surface area contributed by atoms with Gasteiger partial charge in [0.15, 0.2) is 0 Å². The summed E-state index contributed by atoms with van der Waals surface area (Å²) in [6.07, 6.45) is 8.83. The van der Waals surface area contributed by atoms with Gasteiger partial charge in [0, 0.05) is 0 Å². The highest BCUT2D eigenvalue weighted by Gasteiger charge is 2.71. The van der Waals surface area contributed by atoms with Crippen LogP contribution in [0.4, 0.5) is 0 Å². The largest absolute Gasteiger partial charge is 0.481 e. The number of aliphatic hydroxyl groups is 2. The van der Waals surface area contributed by atoms with E-state index in [1.807, 2.05) is 0 Å². The SMILES string of the molecule is C[C@H]1[C@H](C)CC[C@]2(C)CC[C@]3(C)C(=CC[C@@H]4[C@@]5(C)C[C@@H](O)[C@@H](O)[C@](C)(C(=O)O)[C@@H]5CC[C@]43C)[C@H]12. The Balaban J connectivity index is 1.61. The molecule has 4 heteroatoms. The highest BCUT2D eigenvalue weighted by atomic mass is 16.4. The van der Waals surface area contributed by atoms with Gasteiger partial charge in [-0.1, -0.05) is 53.2 Å². The van der Waals surface area contributed by atoms with E-state index in [0.717, 1.165) is 25.2 Å². The Morgan fingerprint density at radius 1 is 0.941 bits per heavy atom. The molecule has 5 rings (SSSR count). The van der Waals surface area contributed by atoms with E-state index in [9.17, 15) is 20.1 Å². The highest BCUT2D eigenvalue weighted by molar-refractivity contribution is 5.76. The van der Waals surface area contributed by atoms with Crippen LogP contribution in [-0.2, 0) is 4.79 Å². The molecule has 0 amide bonds. The first-order chi connectivity index (χ1) is 15.7. The molecule has 0 aromatic carbocycles. The van der Waals surface area contributed by atoms with Crippen LogP contribution in [0.2, 0.25) is 0 Å². The molecule has 4 saturated carbocycles. The first-order valence-electron chi connectivity index (χ1n) is 14.0. The number of rotatable bonds is 1. The van der Waals surface area contributed by atoms with Crippen molar-refractivity contribution in [1.82, 2.24) is 0 Å². The van der Waals surface area contributed by atoms with Crippen molar-refractivity contribution in [2.45, 2.75) is 112 Å². The summed E-state index contributed by atoms with van der Waals surface area (Å²) in [5.74, 6) is 1.31. The average Bonchev–Trinajstić information content (AvgIpc) is 2.76. The van der Waals surface area contributed by atoms with Gasteiger partial charge in [0.05, 0.1) is 17.6 Å².